The van der Waals surface area contributed by atoms with E-state index >= 15 is 0 Å². The van der Waals surface area contributed by atoms with Crippen LogP contribution >= 0.6 is 11.6 Å². The van der Waals surface area contributed by atoms with Crippen molar-refractivity contribution in [1.82, 2.24) is 9.97 Å². The third-order valence-corrected chi connectivity index (χ3v) is 2.94. The maximum absolute atomic E-state index is 10.8. The molecule has 0 radical (unpaired) electrons. The minimum Gasteiger partial charge on any atom is -0.481 e. The number of anilines is 2. The molecule has 1 saturated heterocycles. The van der Waals surface area contributed by atoms with E-state index in [0.29, 0.717) is 29.9 Å². The second kappa shape index (κ2) is 4.97. The first kappa shape index (κ1) is 12.9. The Morgan fingerprint density at radius 1 is 1.61 bits per heavy atom. The number of nitrogens with zero attached hydrogens (tertiary/aromatic N) is 3. The van der Waals surface area contributed by atoms with Gasteiger partial charge in [0, 0.05) is 19.1 Å². The molecule has 6 nitrogen and oxygen atoms in total. The van der Waals surface area contributed by atoms with E-state index < -0.39 is 5.97 Å². The van der Waals surface area contributed by atoms with Gasteiger partial charge < -0.3 is 15.3 Å². The molecule has 0 amide bonds. The summed E-state index contributed by atoms with van der Waals surface area (Å²) in [7, 11) is 0. The minimum absolute atomic E-state index is 0.224. The average molecular weight is 271 g/mol. The normalized spacial score (nSPS) is 15.7. The molecule has 0 atom stereocenters. The lowest BCUT2D eigenvalue weighted by Crippen LogP contribution is -2.51. The highest BCUT2D eigenvalue weighted by molar-refractivity contribution is 6.32. The molecule has 1 fully saturated rings. The highest BCUT2D eigenvalue weighted by atomic mass is 35.5. The van der Waals surface area contributed by atoms with Crippen LogP contribution in [0, 0.1) is 5.92 Å². The first-order valence-corrected chi connectivity index (χ1v) is 6.12. The molecule has 98 valence electrons. The fraction of sp³-hybridized carbons (Fsp3) is 0.545. The molecule has 1 aliphatic heterocycles. The van der Waals surface area contributed by atoms with E-state index in [0.717, 1.165) is 0 Å². The van der Waals surface area contributed by atoms with Gasteiger partial charge >= 0.3 is 5.97 Å². The fourth-order valence-electron chi connectivity index (χ4n) is 1.72. The molecular weight excluding hydrogens is 256 g/mol. The van der Waals surface area contributed by atoms with Gasteiger partial charge in [-0.05, 0) is 13.8 Å². The van der Waals surface area contributed by atoms with E-state index in [4.69, 9.17) is 16.7 Å². The van der Waals surface area contributed by atoms with Gasteiger partial charge in [-0.1, -0.05) is 11.6 Å². The predicted octanol–water partition coefficient (Wildman–Crippen LogP) is 1.47. The Hall–Kier alpha value is -1.56. The van der Waals surface area contributed by atoms with Crippen molar-refractivity contribution < 1.29 is 9.90 Å². The van der Waals surface area contributed by atoms with Crippen LogP contribution in [0.3, 0.4) is 0 Å². The zero-order chi connectivity index (χ0) is 13.3. The molecule has 2 N–H and O–H groups in total. The van der Waals surface area contributed by atoms with E-state index in [1.165, 1.54) is 6.20 Å². The SMILES string of the molecule is CC(C)Nc1ncc(Cl)c(N2CC(C(=O)O)C2)n1. The summed E-state index contributed by atoms with van der Waals surface area (Å²) >= 11 is 6.03. The number of nitrogens with one attached hydrogen (secondary N) is 1. The zero-order valence-electron chi connectivity index (χ0n) is 10.2. The van der Waals surface area contributed by atoms with Gasteiger partial charge in [-0.25, -0.2) is 4.98 Å². The summed E-state index contributed by atoms with van der Waals surface area (Å²) in [4.78, 5) is 21.0. The number of hydrogen-bond donors (Lipinski definition) is 2. The molecule has 1 aromatic heterocycles. The fourth-order valence-corrected chi connectivity index (χ4v) is 1.93. The summed E-state index contributed by atoms with van der Waals surface area (Å²) in [6, 6.07) is 0.224. The number of carbonyl (C=O) groups is 1. The molecule has 2 rings (SSSR count). The van der Waals surface area contributed by atoms with Crippen LogP contribution in [0.4, 0.5) is 11.8 Å². The Bertz CT molecular complexity index is 460. The molecule has 1 aliphatic rings. The van der Waals surface area contributed by atoms with Crippen molar-refractivity contribution in [3.8, 4) is 0 Å². The predicted molar refractivity (Wildman–Crippen MR) is 69.1 cm³/mol. The van der Waals surface area contributed by atoms with Crippen molar-refractivity contribution in [2.45, 2.75) is 19.9 Å². The van der Waals surface area contributed by atoms with Crippen molar-refractivity contribution >= 4 is 29.3 Å². The van der Waals surface area contributed by atoms with Crippen LogP contribution in [0.15, 0.2) is 6.20 Å². The van der Waals surface area contributed by atoms with Crippen LogP contribution in [-0.2, 0) is 4.79 Å². The number of aliphatic carboxylic acids is 1. The van der Waals surface area contributed by atoms with Crippen LogP contribution in [0.2, 0.25) is 5.02 Å². The Kier molecular flexibility index (Phi) is 3.56. The van der Waals surface area contributed by atoms with E-state index in [2.05, 4.69) is 15.3 Å². The van der Waals surface area contributed by atoms with Gasteiger partial charge in [-0.15, -0.1) is 0 Å². The summed E-state index contributed by atoms with van der Waals surface area (Å²) in [5.41, 5.74) is 0. The number of aromatic nitrogens is 2. The number of rotatable bonds is 4. The van der Waals surface area contributed by atoms with Gasteiger partial charge in [0.2, 0.25) is 5.95 Å². The molecule has 2 heterocycles. The van der Waals surface area contributed by atoms with Crippen molar-refractivity contribution in [2.75, 3.05) is 23.3 Å². The van der Waals surface area contributed by atoms with Crippen LogP contribution in [-0.4, -0.2) is 40.2 Å². The molecule has 0 aromatic carbocycles. The lowest BCUT2D eigenvalue weighted by molar-refractivity contribution is -0.142. The molecule has 0 bridgehead atoms. The third kappa shape index (κ3) is 2.64. The highest BCUT2D eigenvalue weighted by Crippen LogP contribution is 2.29. The van der Waals surface area contributed by atoms with Crippen molar-refractivity contribution in [3.63, 3.8) is 0 Å². The molecule has 7 heteroatoms. The Labute approximate surface area is 110 Å². The summed E-state index contributed by atoms with van der Waals surface area (Å²) in [6.45, 7) is 4.85. The highest BCUT2D eigenvalue weighted by Gasteiger charge is 2.34. The van der Waals surface area contributed by atoms with Gasteiger partial charge in [0.05, 0.1) is 12.1 Å². The second-order valence-electron chi connectivity index (χ2n) is 4.60. The van der Waals surface area contributed by atoms with Crippen LogP contribution in [0.5, 0.6) is 0 Å². The number of halogens is 1. The summed E-state index contributed by atoms with van der Waals surface area (Å²) < 4.78 is 0. The van der Waals surface area contributed by atoms with E-state index in [9.17, 15) is 4.79 Å². The van der Waals surface area contributed by atoms with Crippen molar-refractivity contribution in [3.05, 3.63) is 11.2 Å². The Morgan fingerprint density at radius 3 is 2.83 bits per heavy atom. The maximum Gasteiger partial charge on any atom is 0.310 e. The van der Waals surface area contributed by atoms with Crippen molar-refractivity contribution in [1.29, 1.82) is 0 Å². The van der Waals surface area contributed by atoms with Crippen LogP contribution < -0.4 is 10.2 Å². The Morgan fingerprint density at radius 2 is 2.28 bits per heavy atom. The smallest absolute Gasteiger partial charge is 0.310 e. The molecular formula is C11H15ClN4O2. The lowest BCUT2D eigenvalue weighted by Gasteiger charge is -2.38. The van der Waals surface area contributed by atoms with Crippen LogP contribution in [0.25, 0.3) is 0 Å². The second-order valence-corrected chi connectivity index (χ2v) is 5.01. The maximum atomic E-state index is 10.8. The molecule has 0 spiro atoms. The van der Waals surface area contributed by atoms with E-state index in [1.54, 1.807) is 0 Å². The number of hydrogen-bond acceptors (Lipinski definition) is 5. The van der Waals surface area contributed by atoms with Gasteiger partial charge in [0.15, 0.2) is 5.82 Å². The standard InChI is InChI=1S/C11H15ClN4O2/c1-6(2)14-11-13-3-8(12)9(15-11)16-4-7(5-16)10(17)18/h3,6-7H,4-5H2,1-2H3,(H,17,18)(H,13,14,15). The number of carboxylic acids is 1. The van der Waals surface area contributed by atoms with Crippen molar-refractivity contribution in [2.24, 2.45) is 5.92 Å². The minimum atomic E-state index is -0.781. The number of carboxylic acid groups (broad SMARTS) is 1. The largest absolute Gasteiger partial charge is 0.481 e. The lowest BCUT2D eigenvalue weighted by atomic mass is 10.0. The molecule has 0 aliphatic carbocycles. The molecule has 1 aromatic rings. The summed E-state index contributed by atoms with van der Waals surface area (Å²) in [6.07, 6.45) is 1.53. The van der Waals surface area contributed by atoms with Gasteiger partial charge in [-0.2, -0.15) is 4.98 Å². The molecule has 18 heavy (non-hydrogen) atoms. The van der Waals surface area contributed by atoms with Crippen LogP contribution in [0.1, 0.15) is 13.8 Å². The van der Waals surface area contributed by atoms with Gasteiger partial charge in [0.1, 0.15) is 5.02 Å². The van der Waals surface area contributed by atoms with E-state index in [1.807, 2.05) is 18.7 Å². The monoisotopic (exact) mass is 270 g/mol. The first-order valence-electron chi connectivity index (χ1n) is 5.74. The summed E-state index contributed by atoms with van der Waals surface area (Å²) in [5, 5.41) is 12.4. The zero-order valence-corrected chi connectivity index (χ0v) is 11.0. The quantitative estimate of drug-likeness (QED) is 0.863. The molecule has 0 unspecified atom stereocenters. The van der Waals surface area contributed by atoms with Gasteiger partial charge in [0.25, 0.3) is 0 Å². The van der Waals surface area contributed by atoms with E-state index in [-0.39, 0.29) is 12.0 Å². The average Bonchev–Trinajstić information content (AvgIpc) is 2.19. The Balaban J connectivity index is 2.11. The molecule has 0 saturated carbocycles. The summed E-state index contributed by atoms with van der Waals surface area (Å²) in [5.74, 6) is -0.0232. The first-order chi connectivity index (χ1) is 8.47. The third-order valence-electron chi connectivity index (χ3n) is 2.67. The van der Waals surface area contributed by atoms with Gasteiger partial charge in [-0.3, -0.25) is 4.79 Å². The topological polar surface area (TPSA) is 78.4 Å².